The van der Waals surface area contributed by atoms with Crippen molar-refractivity contribution < 1.29 is 50.0 Å². The van der Waals surface area contributed by atoms with E-state index in [9.17, 15) is 30.7 Å². The Bertz CT molecular complexity index is 367. The van der Waals surface area contributed by atoms with Gasteiger partial charge in [-0.15, -0.1) is 0 Å². The fourth-order valence-electron chi connectivity index (χ4n) is 0.727. The number of rotatable bonds is 4. The van der Waals surface area contributed by atoms with Crippen LogP contribution in [-0.2, 0) is 4.57 Å². The predicted octanol–water partition coefficient (Wildman–Crippen LogP) is 2.90. The molecule has 0 fully saturated rings. The molecule has 0 saturated heterocycles. The topological polar surface area (TPSA) is 77.8 Å². The highest BCUT2D eigenvalue weighted by molar-refractivity contribution is 7.45. The summed E-state index contributed by atoms with van der Waals surface area (Å²) in [6.45, 7) is 2.37. The van der Waals surface area contributed by atoms with Gasteiger partial charge in [-0.1, -0.05) is 5.57 Å². The van der Waals surface area contributed by atoms with Gasteiger partial charge in [0.1, 0.15) is 0 Å². The van der Waals surface area contributed by atoms with Crippen LogP contribution in [0, 0.1) is 0 Å². The third-order valence-corrected chi connectivity index (χ3v) is 1.54. The van der Waals surface area contributed by atoms with Gasteiger partial charge < -0.3 is 14.7 Å². The summed E-state index contributed by atoms with van der Waals surface area (Å²) >= 11 is 0. The van der Waals surface area contributed by atoms with Gasteiger partial charge in [-0.25, -0.2) is 17.7 Å². The largest absolute Gasteiger partial charge is 0.466 e. The molecular formula is C8H12F7O4P. The summed E-state index contributed by atoms with van der Waals surface area (Å²) in [7, 11) is -4.64. The molecule has 0 aromatic rings. The highest BCUT2D eigenvalue weighted by Crippen LogP contribution is 2.43. The van der Waals surface area contributed by atoms with E-state index < -0.39 is 32.3 Å². The smallest absolute Gasteiger partial charge is 0.303 e. The van der Waals surface area contributed by atoms with Gasteiger partial charge in [-0.2, -0.15) is 17.6 Å². The summed E-state index contributed by atoms with van der Waals surface area (Å²) in [6.07, 6.45) is -7.88. The van der Waals surface area contributed by atoms with Gasteiger partial charge in [0.25, 0.3) is 0 Å². The van der Waals surface area contributed by atoms with Gasteiger partial charge in [-0.3, -0.25) is 0 Å². The van der Waals surface area contributed by atoms with E-state index in [0.29, 0.717) is 0 Å². The second-order valence-corrected chi connectivity index (χ2v) is 4.73. The first kappa shape index (κ1) is 21.7. The normalized spacial score (nSPS) is 14.4. The highest BCUT2D eigenvalue weighted by atomic mass is 31.2. The Morgan fingerprint density at radius 3 is 1.50 bits per heavy atom. The molecule has 4 nitrogen and oxygen atoms in total. The molecule has 122 valence electrons. The van der Waals surface area contributed by atoms with Crippen molar-refractivity contribution in [3.8, 4) is 0 Å². The minimum atomic E-state index is -5.68. The van der Waals surface area contributed by atoms with E-state index in [2.05, 4.69) is 0 Å². The first-order chi connectivity index (χ1) is 8.53. The van der Waals surface area contributed by atoms with Gasteiger partial charge in [-0.05, 0) is 19.9 Å². The number of halogens is 7. The van der Waals surface area contributed by atoms with E-state index in [0.717, 1.165) is 0 Å². The highest BCUT2D eigenvalue weighted by Gasteiger charge is 2.66. The molecule has 1 unspecified atom stereocenters. The van der Waals surface area contributed by atoms with E-state index >= 15 is 0 Å². The summed E-state index contributed by atoms with van der Waals surface area (Å²) < 4.78 is 94.3. The first-order valence-electron chi connectivity index (χ1n) is 4.64. The zero-order valence-corrected chi connectivity index (χ0v) is 11.0. The van der Waals surface area contributed by atoms with Gasteiger partial charge >= 0.3 is 26.1 Å². The molecule has 0 amide bonds. The van der Waals surface area contributed by atoms with Crippen molar-refractivity contribution in [2.24, 2.45) is 0 Å². The fourth-order valence-corrected chi connectivity index (χ4v) is 0.727. The van der Waals surface area contributed by atoms with Crippen LogP contribution in [0.3, 0.4) is 0 Å². The Balaban J connectivity index is 0. The van der Waals surface area contributed by atoms with Gasteiger partial charge in [0.2, 0.25) is 0 Å². The third kappa shape index (κ3) is 7.83. The van der Waals surface area contributed by atoms with Crippen LogP contribution in [0.1, 0.15) is 13.8 Å². The standard InChI is InChI=1S/C8H9F7.H3O4P/c1-4(2)3-5(9)7(12,13)8(14,15)6(10)11;1-5(2,3)4/h3,5-6H,1-2H3;(H3,1,2,3,4). The van der Waals surface area contributed by atoms with Crippen molar-refractivity contribution in [1.82, 2.24) is 0 Å². The number of hydrogen-bond donors (Lipinski definition) is 3. The molecule has 0 aromatic heterocycles. The van der Waals surface area contributed by atoms with Gasteiger partial charge in [0.15, 0.2) is 6.17 Å². The van der Waals surface area contributed by atoms with Crippen LogP contribution in [0.15, 0.2) is 11.6 Å². The molecule has 12 heteroatoms. The average molecular weight is 336 g/mol. The molecule has 0 spiro atoms. The van der Waals surface area contributed by atoms with E-state index in [1.807, 2.05) is 0 Å². The Labute approximate surface area is 109 Å². The number of alkyl halides is 7. The molecule has 0 aromatic carbocycles. The molecule has 1 atom stereocenters. The molecule has 0 bridgehead atoms. The van der Waals surface area contributed by atoms with Gasteiger partial charge in [0, 0.05) is 0 Å². The van der Waals surface area contributed by atoms with Gasteiger partial charge in [0.05, 0.1) is 0 Å². The Morgan fingerprint density at radius 1 is 1.00 bits per heavy atom. The third-order valence-electron chi connectivity index (χ3n) is 1.54. The maximum Gasteiger partial charge on any atom is 0.466 e. The van der Waals surface area contributed by atoms with Crippen LogP contribution < -0.4 is 0 Å². The van der Waals surface area contributed by atoms with E-state index in [1.165, 1.54) is 13.8 Å². The Hall–Kier alpha value is -0.640. The SMILES string of the molecule is CC(C)=CC(F)C(F)(F)C(F)(F)C(F)F.O=P(O)(O)O. The number of hydrogen-bond acceptors (Lipinski definition) is 1. The minimum absolute atomic E-state index is 0.00718. The second kappa shape index (κ2) is 7.39. The lowest BCUT2D eigenvalue weighted by Crippen LogP contribution is -2.51. The fraction of sp³-hybridized carbons (Fsp3) is 0.750. The average Bonchev–Trinajstić information content (AvgIpc) is 2.12. The van der Waals surface area contributed by atoms with E-state index in [4.69, 9.17) is 19.2 Å². The summed E-state index contributed by atoms with van der Waals surface area (Å²) in [5.41, 5.74) is -0.00718. The molecule has 0 aliphatic heterocycles. The lowest BCUT2D eigenvalue weighted by atomic mass is 10.1. The maximum atomic E-state index is 12.6. The van der Waals surface area contributed by atoms with Crippen molar-refractivity contribution in [2.45, 2.75) is 38.3 Å². The molecule has 3 N–H and O–H groups in total. The Morgan fingerprint density at radius 2 is 1.30 bits per heavy atom. The Kier molecular flexibility index (Phi) is 8.00. The molecule has 0 aliphatic rings. The lowest BCUT2D eigenvalue weighted by Gasteiger charge is -2.27. The lowest BCUT2D eigenvalue weighted by molar-refractivity contribution is -0.278. The summed E-state index contributed by atoms with van der Waals surface area (Å²) in [6, 6.07) is 0. The minimum Gasteiger partial charge on any atom is -0.303 e. The monoisotopic (exact) mass is 336 g/mol. The summed E-state index contributed by atoms with van der Waals surface area (Å²) in [5.74, 6) is -11.1. The van der Waals surface area contributed by atoms with E-state index in [1.54, 1.807) is 0 Å². The van der Waals surface area contributed by atoms with Crippen LogP contribution in [-0.4, -0.2) is 39.1 Å². The van der Waals surface area contributed by atoms with Crippen LogP contribution in [0.5, 0.6) is 0 Å². The number of phosphoric acid groups is 1. The maximum absolute atomic E-state index is 12.6. The van der Waals surface area contributed by atoms with Crippen LogP contribution in [0.4, 0.5) is 30.7 Å². The van der Waals surface area contributed by atoms with Crippen molar-refractivity contribution in [1.29, 1.82) is 0 Å². The molecule has 0 radical (unpaired) electrons. The van der Waals surface area contributed by atoms with Crippen LogP contribution in [0.2, 0.25) is 0 Å². The zero-order chi connectivity index (χ0) is 16.9. The molecule has 0 heterocycles. The zero-order valence-electron chi connectivity index (χ0n) is 10.1. The molecule has 0 rings (SSSR count). The van der Waals surface area contributed by atoms with Crippen LogP contribution >= 0.6 is 7.82 Å². The van der Waals surface area contributed by atoms with Crippen molar-refractivity contribution in [2.75, 3.05) is 0 Å². The molecule has 0 saturated carbocycles. The predicted molar refractivity (Wildman–Crippen MR) is 54.5 cm³/mol. The van der Waals surface area contributed by atoms with Crippen molar-refractivity contribution in [3.05, 3.63) is 11.6 Å². The molecule has 0 aliphatic carbocycles. The molecular weight excluding hydrogens is 324 g/mol. The summed E-state index contributed by atoms with van der Waals surface area (Å²) in [5, 5.41) is 0. The van der Waals surface area contributed by atoms with Crippen LogP contribution in [0.25, 0.3) is 0 Å². The second-order valence-electron chi connectivity index (χ2n) is 3.71. The number of allylic oxidation sites excluding steroid dienone is 2. The first-order valence-corrected chi connectivity index (χ1v) is 6.21. The van der Waals surface area contributed by atoms with E-state index in [-0.39, 0.29) is 11.6 Å². The summed E-state index contributed by atoms with van der Waals surface area (Å²) in [4.78, 5) is 21.6. The quantitative estimate of drug-likeness (QED) is 0.419. The van der Waals surface area contributed by atoms with Crippen molar-refractivity contribution >= 4 is 7.82 Å². The van der Waals surface area contributed by atoms with Crippen molar-refractivity contribution in [3.63, 3.8) is 0 Å². The molecule has 20 heavy (non-hydrogen) atoms.